The minimum absolute atomic E-state index is 0.134. The molecule has 1 aliphatic heterocycles. The van der Waals surface area contributed by atoms with Crippen LogP contribution in [0.5, 0.6) is 0 Å². The van der Waals surface area contributed by atoms with Gasteiger partial charge in [0.25, 0.3) is 0 Å². The number of nitrogens with zero attached hydrogens (tertiary/aromatic N) is 1. The first-order valence-corrected chi connectivity index (χ1v) is 7.26. The zero-order valence-electron chi connectivity index (χ0n) is 12.0. The van der Waals surface area contributed by atoms with Gasteiger partial charge in [0.05, 0.1) is 12.3 Å². The Morgan fingerprint density at radius 1 is 1.33 bits per heavy atom. The molecule has 4 nitrogen and oxygen atoms in total. The summed E-state index contributed by atoms with van der Waals surface area (Å²) in [5, 5.41) is 9.47. The Balaban J connectivity index is 2.05. The fourth-order valence-corrected chi connectivity index (χ4v) is 3.20. The van der Waals surface area contributed by atoms with Crippen molar-refractivity contribution in [3.8, 4) is 0 Å². The molecule has 2 aromatic rings. The van der Waals surface area contributed by atoms with E-state index in [1.165, 1.54) is 0 Å². The first kappa shape index (κ1) is 13.9. The normalized spacial score (nSPS) is 20.5. The summed E-state index contributed by atoms with van der Waals surface area (Å²) in [6.07, 6.45) is 3.24. The molecule has 2 heterocycles. The Labute approximate surface area is 124 Å². The van der Waals surface area contributed by atoms with E-state index in [0.29, 0.717) is 6.42 Å². The molecule has 1 aliphatic rings. The minimum atomic E-state index is -0.752. The van der Waals surface area contributed by atoms with E-state index in [9.17, 15) is 9.90 Å². The predicted molar refractivity (Wildman–Crippen MR) is 79.1 cm³/mol. The van der Waals surface area contributed by atoms with Crippen molar-refractivity contribution < 1.29 is 14.3 Å². The van der Waals surface area contributed by atoms with E-state index in [1.54, 1.807) is 6.26 Å². The van der Waals surface area contributed by atoms with Crippen LogP contribution in [0.15, 0.2) is 47.1 Å². The molecular formula is C17H19NO3. The third kappa shape index (κ3) is 2.59. The van der Waals surface area contributed by atoms with Crippen molar-refractivity contribution >= 4 is 5.97 Å². The van der Waals surface area contributed by atoms with E-state index >= 15 is 0 Å². The van der Waals surface area contributed by atoms with Gasteiger partial charge in [0.15, 0.2) is 0 Å². The summed E-state index contributed by atoms with van der Waals surface area (Å²) in [5.41, 5.74) is 2.26. The van der Waals surface area contributed by atoms with Crippen LogP contribution in [0.1, 0.15) is 35.8 Å². The molecule has 2 unspecified atom stereocenters. The molecule has 2 atom stereocenters. The number of carboxylic acid groups (broad SMARTS) is 1. The van der Waals surface area contributed by atoms with Crippen molar-refractivity contribution in [2.75, 3.05) is 6.54 Å². The number of furan rings is 1. The number of aryl methyl sites for hydroxylation is 1. The van der Waals surface area contributed by atoms with E-state index in [4.69, 9.17) is 4.42 Å². The van der Waals surface area contributed by atoms with Gasteiger partial charge in [-0.3, -0.25) is 9.69 Å². The fraction of sp³-hybridized carbons (Fsp3) is 0.353. The van der Waals surface area contributed by atoms with Crippen LogP contribution in [0.4, 0.5) is 0 Å². The molecular weight excluding hydrogens is 266 g/mol. The molecule has 4 heteroatoms. The molecule has 0 spiro atoms. The quantitative estimate of drug-likeness (QED) is 0.937. The molecule has 0 radical (unpaired) electrons. The van der Waals surface area contributed by atoms with Crippen LogP contribution in [0.2, 0.25) is 0 Å². The largest absolute Gasteiger partial charge is 0.480 e. The molecule has 1 saturated heterocycles. The van der Waals surface area contributed by atoms with Crippen LogP contribution in [-0.4, -0.2) is 28.6 Å². The average Bonchev–Trinajstić information content (AvgIpc) is 3.13. The molecule has 1 N–H and O–H groups in total. The van der Waals surface area contributed by atoms with Crippen LogP contribution in [0, 0.1) is 6.92 Å². The standard InChI is InChI=1S/C17H19NO3/c1-12-6-2-3-7-13(12)16(15-9-5-11-21-15)18-10-4-8-14(18)17(19)20/h2-3,5-7,9,11,14,16H,4,8,10H2,1H3,(H,19,20). The highest BCUT2D eigenvalue weighted by atomic mass is 16.4. The first-order valence-electron chi connectivity index (χ1n) is 7.26. The SMILES string of the molecule is Cc1ccccc1C(c1ccco1)N1CCCC1C(=O)O. The van der Waals surface area contributed by atoms with Gasteiger partial charge < -0.3 is 9.52 Å². The van der Waals surface area contributed by atoms with Gasteiger partial charge in [0.2, 0.25) is 0 Å². The third-order valence-electron chi connectivity index (χ3n) is 4.21. The summed E-state index contributed by atoms with van der Waals surface area (Å²) < 4.78 is 5.61. The molecule has 0 bridgehead atoms. The molecule has 1 aromatic carbocycles. The smallest absolute Gasteiger partial charge is 0.320 e. The Hall–Kier alpha value is -2.07. The molecule has 0 amide bonds. The molecule has 0 aliphatic carbocycles. The van der Waals surface area contributed by atoms with E-state index < -0.39 is 12.0 Å². The fourth-order valence-electron chi connectivity index (χ4n) is 3.20. The highest BCUT2D eigenvalue weighted by Crippen LogP contribution is 2.36. The second-order valence-electron chi connectivity index (χ2n) is 5.51. The van der Waals surface area contributed by atoms with E-state index in [-0.39, 0.29) is 6.04 Å². The zero-order chi connectivity index (χ0) is 14.8. The second-order valence-corrected chi connectivity index (χ2v) is 5.51. The van der Waals surface area contributed by atoms with Crippen molar-refractivity contribution in [2.45, 2.75) is 31.8 Å². The number of hydrogen-bond acceptors (Lipinski definition) is 3. The number of benzene rings is 1. The summed E-state index contributed by atoms with van der Waals surface area (Å²) in [7, 11) is 0. The van der Waals surface area contributed by atoms with Crippen LogP contribution in [0.3, 0.4) is 0 Å². The molecule has 21 heavy (non-hydrogen) atoms. The number of carboxylic acids is 1. The Morgan fingerprint density at radius 3 is 2.81 bits per heavy atom. The van der Waals surface area contributed by atoms with Crippen LogP contribution in [-0.2, 0) is 4.79 Å². The minimum Gasteiger partial charge on any atom is -0.480 e. The van der Waals surface area contributed by atoms with Gasteiger partial charge in [-0.15, -0.1) is 0 Å². The Morgan fingerprint density at radius 2 is 2.14 bits per heavy atom. The second kappa shape index (κ2) is 5.74. The maximum atomic E-state index is 11.5. The highest BCUT2D eigenvalue weighted by Gasteiger charge is 2.38. The zero-order valence-corrected chi connectivity index (χ0v) is 12.0. The van der Waals surface area contributed by atoms with Gasteiger partial charge in [-0.25, -0.2) is 0 Å². The number of aliphatic carboxylic acids is 1. The Kier molecular flexibility index (Phi) is 3.80. The predicted octanol–water partition coefficient (Wildman–Crippen LogP) is 3.23. The average molecular weight is 285 g/mol. The lowest BCUT2D eigenvalue weighted by Gasteiger charge is -2.31. The molecule has 3 rings (SSSR count). The summed E-state index contributed by atoms with van der Waals surface area (Å²) >= 11 is 0. The Bertz CT molecular complexity index is 621. The summed E-state index contributed by atoms with van der Waals surface area (Å²) in [6, 6.07) is 11.3. The number of likely N-dealkylation sites (tertiary alicyclic amines) is 1. The van der Waals surface area contributed by atoms with Crippen LogP contribution < -0.4 is 0 Å². The molecule has 1 fully saturated rings. The third-order valence-corrected chi connectivity index (χ3v) is 4.21. The molecule has 0 saturated carbocycles. The lowest BCUT2D eigenvalue weighted by molar-refractivity contribution is -0.142. The van der Waals surface area contributed by atoms with Gasteiger partial charge in [-0.1, -0.05) is 24.3 Å². The van der Waals surface area contributed by atoms with Crippen LogP contribution in [0.25, 0.3) is 0 Å². The van der Waals surface area contributed by atoms with E-state index in [0.717, 1.165) is 29.9 Å². The van der Waals surface area contributed by atoms with Crippen molar-refractivity contribution in [3.63, 3.8) is 0 Å². The highest BCUT2D eigenvalue weighted by molar-refractivity contribution is 5.74. The van der Waals surface area contributed by atoms with Crippen molar-refractivity contribution in [1.29, 1.82) is 0 Å². The lowest BCUT2D eigenvalue weighted by atomic mass is 9.97. The van der Waals surface area contributed by atoms with Gasteiger partial charge >= 0.3 is 5.97 Å². The summed E-state index contributed by atoms with van der Waals surface area (Å²) in [6.45, 7) is 2.83. The van der Waals surface area contributed by atoms with Gasteiger partial charge in [0.1, 0.15) is 11.8 Å². The van der Waals surface area contributed by atoms with Gasteiger partial charge in [-0.05, 0) is 43.0 Å². The first-order chi connectivity index (χ1) is 10.2. The monoisotopic (exact) mass is 285 g/mol. The maximum absolute atomic E-state index is 11.5. The number of carbonyl (C=O) groups is 1. The van der Waals surface area contributed by atoms with Crippen LogP contribution >= 0.6 is 0 Å². The number of rotatable bonds is 4. The lowest BCUT2D eigenvalue weighted by Crippen LogP contribution is -2.39. The van der Waals surface area contributed by atoms with E-state index in [1.807, 2.05) is 29.2 Å². The molecule has 1 aromatic heterocycles. The van der Waals surface area contributed by atoms with Gasteiger partial charge in [-0.2, -0.15) is 0 Å². The topological polar surface area (TPSA) is 53.7 Å². The van der Waals surface area contributed by atoms with Crippen molar-refractivity contribution in [3.05, 3.63) is 59.5 Å². The van der Waals surface area contributed by atoms with E-state index in [2.05, 4.69) is 19.1 Å². The van der Waals surface area contributed by atoms with Gasteiger partial charge in [0, 0.05) is 6.54 Å². The summed E-state index contributed by atoms with van der Waals surface area (Å²) in [4.78, 5) is 13.6. The van der Waals surface area contributed by atoms with Crippen molar-refractivity contribution in [1.82, 2.24) is 4.90 Å². The summed E-state index contributed by atoms with van der Waals surface area (Å²) in [5.74, 6) is 0.0510. The number of hydrogen-bond donors (Lipinski definition) is 1. The maximum Gasteiger partial charge on any atom is 0.320 e. The molecule has 110 valence electrons. The van der Waals surface area contributed by atoms with Crippen molar-refractivity contribution in [2.24, 2.45) is 0 Å².